The van der Waals surface area contributed by atoms with E-state index in [1.165, 1.54) is 13.3 Å². The zero-order valence-corrected chi connectivity index (χ0v) is 8.80. The molecule has 0 saturated carbocycles. The number of nitriles is 1. The molecule has 0 saturated heterocycles. The fraction of sp³-hybridized carbons (Fsp3) is 0.300. The van der Waals surface area contributed by atoms with Gasteiger partial charge < -0.3 is 15.8 Å². The Morgan fingerprint density at radius 1 is 1.75 bits per heavy atom. The number of nitrogens with zero attached hydrogens (tertiary/aromatic N) is 2. The number of hydrogen-bond donors (Lipinski definition) is 2. The van der Waals surface area contributed by atoms with E-state index in [1.54, 1.807) is 12.1 Å². The molecule has 6 heteroatoms. The van der Waals surface area contributed by atoms with Crippen molar-refractivity contribution >= 4 is 11.7 Å². The van der Waals surface area contributed by atoms with Crippen LogP contribution in [0.2, 0.25) is 0 Å². The quantitative estimate of drug-likeness (QED) is 0.719. The molecule has 0 fully saturated rings. The van der Waals surface area contributed by atoms with Gasteiger partial charge in [-0.1, -0.05) is 0 Å². The van der Waals surface area contributed by atoms with Crippen molar-refractivity contribution in [2.45, 2.75) is 6.04 Å². The van der Waals surface area contributed by atoms with Crippen LogP contribution in [0.1, 0.15) is 5.56 Å². The maximum atomic E-state index is 11.0. The summed E-state index contributed by atoms with van der Waals surface area (Å²) in [5, 5.41) is 11.4. The number of nitrogens with one attached hydrogen (secondary N) is 1. The average Bonchev–Trinajstić information content (AvgIpc) is 2.29. The molecule has 0 unspecified atom stereocenters. The zero-order chi connectivity index (χ0) is 12.0. The second-order valence-electron chi connectivity index (χ2n) is 3.10. The van der Waals surface area contributed by atoms with Crippen molar-refractivity contribution in [2.75, 3.05) is 19.0 Å². The van der Waals surface area contributed by atoms with E-state index < -0.39 is 11.9 Å². The number of hydrogen-bond acceptors (Lipinski definition) is 5. The van der Waals surface area contributed by atoms with Gasteiger partial charge in [-0.25, -0.2) is 4.98 Å². The van der Waals surface area contributed by atoms with Gasteiger partial charge in [-0.15, -0.1) is 0 Å². The third-order valence-corrected chi connectivity index (χ3v) is 1.89. The van der Waals surface area contributed by atoms with Gasteiger partial charge in [-0.3, -0.25) is 4.79 Å². The molecular weight excluding hydrogens is 208 g/mol. The number of amides is 1. The van der Waals surface area contributed by atoms with Gasteiger partial charge in [0.1, 0.15) is 17.9 Å². The molecule has 0 spiro atoms. The Morgan fingerprint density at radius 3 is 2.94 bits per heavy atom. The highest BCUT2D eigenvalue weighted by molar-refractivity contribution is 5.82. The normalized spacial score (nSPS) is 11.5. The maximum Gasteiger partial charge on any atom is 0.242 e. The fourth-order valence-electron chi connectivity index (χ4n) is 1.09. The van der Waals surface area contributed by atoms with Gasteiger partial charge >= 0.3 is 0 Å². The van der Waals surface area contributed by atoms with Crippen LogP contribution >= 0.6 is 0 Å². The summed E-state index contributed by atoms with van der Waals surface area (Å²) in [5.74, 6) is -0.0483. The van der Waals surface area contributed by atoms with Crippen LogP contribution < -0.4 is 11.1 Å². The Labute approximate surface area is 93.0 Å². The third kappa shape index (κ3) is 3.22. The average molecular weight is 220 g/mol. The molecule has 1 amide bonds. The number of primary amides is 1. The molecule has 0 aliphatic carbocycles. The van der Waals surface area contributed by atoms with Crippen molar-refractivity contribution in [2.24, 2.45) is 5.73 Å². The summed E-state index contributed by atoms with van der Waals surface area (Å²) in [7, 11) is 1.48. The van der Waals surface area contributed by atoms with Crippen LogP contribution in [0.5, 0.6) is 0 Å². The lowest BCUT2D eigenvalue weighted by molar-refractivity contribution is -0.119. The summed E-state index contributed by atoms with van der Waals surface area (Å²) < 4.78 is 4.84. The molecular formula is C10H12N4O2. The largest absolute Gasteiger partial charge is 0.382 e. The minimum Gasteiger partial charge on any atom is -0.382 e. The van der Waals surface area contributed by atoms with Gasteiger partial charge in [0.05, 0.1) is 12.2 Å². The van der Waals surface area contributed by atoms with Crippen molar-refractivity contribution in [3.8, 4) is 6.07 Å². The second-order valence-corrected chi connectivity index (χ2v) is 3.10. The topological polar surface area (TPSA) is 101 Å². The first kappa shape index (κ1) is 11.9. The van der Waals surface area contributed by atoms with Gasteiger partial charge in [0.2, 0.25) is 5.91 Å². The zero-order valence-electron chi connectivity index (χ0n) is 8.80. The third-order valence-electron chi connectivity index (χ3n) is 1.89. The fourth-order valence-corrected chi connectivity index (χ4v) is 1.09. The summed E-state index contributed by atoms with van der Waals surface area (Å²) in [4.78, 5) is 15.0. The predicted octanol–water partition coefficient (Wildman–Crippen LogP) is -0.135. The van der Waals surface area contributed by atoms with Gasteiger partial charge in [-0.05, 0) is 12.1 Å². The van der Waals surface area contributed by atoms with E-state index in [9.17, 15) is 4.79 Å². The molecule has 0 aromatic carbocycles. The lowest BCUT2D eigenvalue weighted by atomic mass is 10.2. The Kier molecular flexibility index (Phi) is 4.24. The number of carbonyl (C=O) groups excluding carboxylic acids is 1. The molecule has 0 aliphatic rings. The summed E-state index contributed by atoms with van der Waals surface area (Å²) in [6.07, 6.45) is 1.41. The number of anilines is 1. The van der Waals surface area contributed by atoms with E-state index in [4.69, 9.17) is 15.7 Å². The molecule has 1 heterocycles. The van der Waals surface area contributed by atoms with Crippen molar-refractivity contribution in [3.63, 3.8) is 0 Å². The van der Waals surface area contributed by atoms with E-state index in [0.717, 1.165) is 0 Å². The molecule has 0 aliphatic heterocycles. The van der Waals surface area contributed by atoms with E-state index in [1.807, 2.05) is 6.07 Å². The standard InChI is InChI=1S/C10H12N4O2/c1-16-6-8(10(12)15)14-9-3-2-7(4-11)5-13-9/h2-3,5,8H,6H2,1H3,(H2,12,15)(H,13,14)/t8-/m1/s1. The molecule has 1 aromatic rings. The van der Waals surface area contributed by atoms with Gasteiger partial charge in [0.15, 0.2) is 0 Å². The van der Waals surface area contributed by atoms with Gasteiger partial charge in [0, 0.05) is 13.3 Å². The molecule has 1 atom stereocenters. The summed E-state index contributed by atoms with van der Waals surface area (Å²) in [6.45, 7) is 0.164. The molecule has 16 heavy (non-hydrogen) atoms. The Morgan fingerprint density at radius 2 is 2.50 bits per heavy atom. The molecule has 0 radical (unpaired) electrons. The first-order valence-corrected chi connectivity index (χ1v) is 4.58. The monoisotopic (exact) mass is 220 g/mol. The molecule has 3 N–H and O–H groups in total. The lowest BCUT2D eigenvalue weighted by Crippen LogP contribution is -2.39. The number of pyridine rings is 1. The van der Waals surface area contributed by atoms with Gasteiger partial charge in [0.25, 0.3) is 0 Å². The first-order chi connectivity index (χ1) is 7.67. The van der Waals surface area contributed by atoms with E-state index in [2.05, 4.69) is 10.3 Å². The Hall–Kier alpha value is -2.13. The van der Waals surface area contributed by atoms with Crippen LogP contribution in [0.15, 0.2) is 18.3 Å². The minimum absolute atomic E-state index is 0.164. The summed E-state index contributed by atoms with van der Waals surface area (Å²) >= 11 is 0. The molecule has 1 rings (SSSR count). The van der Waals surface area contributed by atoms with E-state index in [-0.39, 0.29) is 6.61 Å². The highest BCUT2D eigenvalue weighted by Gasteiger charge is 2.14. The van der Waals surface area contributed by atoms with Crippen LogP contribution in [0, 0.1) is 11.3 Å². The molecule has 84 valence electrons. The number of methoxy groups -OCH3 is 1. The van der Waals surface area contributed by atoms with Crippen LogP contribution in [0.3, 0.4) is 0 Å². The molecule has 6 nitrogen and oxygen atoms in total. The predicted molar refractivity (Wildman–Crippen MR) is 57.4 cm³/mol. The first-order valence-electron chi connectivity index (χ1n) is 4.58. The molecule has 1 aromatic heterocycles. The lowest BCUT2D eigenvalue weighted by Gasteiger charge is -2.14. The Bertz CT molecular complexity index is 396. The number of nitrogens with two attached hydrogens (primary N) is 1. The van der Waals surface area contributed by atoms with Crippen LogP contribution in [-0.4, -0.2) is 30.6 Å². The van der Waals surface area contributed by atoms with Crippen molar-refractivity contribution in [1.29, 1.82) is 5.26 Å². The van der Waals surface area contributed by atoms with Crippen molar-refractivity contribution in [3.05, 3.63) is 23.9 Å². The SMILES string of the molecule is COC[C@@H](Nc1ccc(C#N)cn1)C(N)=O. The second kappa shape index (κ2) is 5.68. The smallest absolute Gasteiger partial charge is 0.242 e. The van der Waals surface area contributed by atoms with E-state index in [0.29, 0.717) is 11.4 Å². The summed E-state index contributed by atoms with van der Waals surface area (Å²) in [5.41, 5.74) is 5.62. The number of ether oxygens (including phenoxy) is 1. The highest BCUT2D eigenvalue weighted by Crippen LogP contribution is 2.05. The van der Waals surface area contributed by atoms with Crippen LogP contribution in [0.4, 0.5) is 5.82 Å². The van der Waals surface area contributed by atoms with Crippen molar-refractivity contribution in [1.82, 2.24) is 4.98 Å². The Balaban J connectivity index is 2.70. The maximum absolute atomic E-state index is 11.0. The number of aromatic nitrogens is 1. The summed E-state index contributed by atoms with van der Waals surface area (Å²) in [6, 6.07) is 4.51. The van der Waals surface area contributed by atoms with Crippen LogP contribution in [0.25, 0.3) is 0 Å². The van der Waals surface area contributed by atoms with Gasteiger partial charge in [-0.2, -0.15) is 5.26 Å². The number of carbonyl (C=O) groups is 1. The van der Waals surface area contributed by atoms with E-state index >= 15 is 0 Å². The van der Waals surface area contributed by atoms with Crippen molar-refractivity contribution < 1.29 is 9.53 Å². The highest BCUT2D eigenvalue weighted by atomic mass is 16.5. The minimum atomic E-state index is -0.634. The van der Waals surface area contributed by atoms with Crippen LogP contribution in [-0.2, 0) is 9.53 Å². The number of rotatable bonds is 5. The molecule has 0 bridgehead atoms.